The van der Waals surface area contributed by atoms with Crippen molar-refractivity contribution < 1.29 is 23.5 Å². The van der Waals surface area contributed by atoms with Gasteiger partial charge in [-0.05, 0) is 61.2 Å². The maximum absolute atomic E-state index is 13.0. The van der Waals surface area contributed by atoms with E-state index < -0.39 is 0 Å². The number of imide groups is 1. The fraction of sp³-hybridized carbons (Fsp3) is 0.348. The van der Waals surface area contributed by atoms with E-state index >= 15 is 0 Å². The van der Waals surface area contributed by atoms with E-state index in [0.29, 0.717) is 50.3 Å². The van der Waals surface area contributed by atoms with Crippen molar-refractivity contribution >= 4 is 17.8 Å². The zero-order chi connectivity index (χ0) is 21.8. The highest BCUT2D eigenvalue weighted by molar-refractivity contribution is 6.02. The minimum absolute atomic E-state index is 0.0560. The van der Waals surface area contributed by atoms with Gasteiger partial charge in [-0.25, -0.2) is 9.18 Å². The molecule has 1 N–H and O–H groups in total. The number of ether oxygens (including phenoxy) is 1. The molecule has 2 aliphatic rings. The van der Waals surface area contributed by atoms with Crippen LogP contribution in [0.15, 0.2) is 48.5 Å². The van der Waals surface area contributed by atoms with Gasteiger partial charge in [-0.1, -0.05) is 12.1 Å². The number of carbonyl (C=O) groups is 3. The van der Waals surface area contributed by atoms with Crippen molar-refractivity contribution in [2.75, 3.05) is 19.6 Å². The number of hydrogen-bond donors (Lipinski definition) is 1. The number of aryl methyl sites for hydroxylation is 1. The number of nitrogens with one attached hydrogen (secondary N) is 1. The van der Waals surface area contributed by atoms with E-state index in [1.807, 2.05) is 24.3 Å². The van der Waals surface area contributed by atoms with Gasteiger partial charge < -0.3 is 15.0 Å². The van der Waals surface area contributed by atoms with E-state index in [-0.39, 0.29) is 36.2 Å². The normalized spacial score (nSPS) is 17.1. The number of halogens is 1. The molecule has 0 atom stereocenters. The van der Waals surface area contributed by atoms with E-state index in [2.05, 4.69) is 5.32 Å². The quantitative estimate of drug-likeness (QED) is 0.722. The molecule has 0 unspecified atom stereocenters. The number of piperidine rings is 1. The van der Waals surface area contributed by atoms with Crippen LogP contribution < -0.4 is 10.1 Å². The molecule has 0 spiro atoms. The first-order chi connectivity index (χ1) is 15.0. The maximum Gasteiger partial charge on any atom is 0.324 e. The zero-order valence-electron chi connectivity index (χ0n) is 17.1. The molecule has 7 nitrogen and oxygen atoms in total. The van der Waals surface area contributed by atoms with Gasteiger partial charge in [-0.15, -0.1) is 0 Å². The summed E-state index contributed by atoms with van der Waals surface area (Å²) in [4.78, 5) is 39.4. The van der Waals surface area contributed by atoms with Gasteiger partial charge in [0, 0.05) is 25.6 Å². The highest BCUT2D eigenvalue weighted by atomic mass is 19.1. The summed E-state index contributed by atoms with van der Waals surface area (Å²) in [7, 11) is 0. The van der Waals surface area contributed by atoms with Gasteiger partial charge in [0.1, 0.15) is 17.3 Å². The summed E-state index contributed by atoms with van der Waals surface area (Å²) in [5.41, 5.74) is 0.974. The lowest BCUT2D eigenvalue weighted by Gasteiger charge is -2.35. The summed E-state index contributed by atoms with van der Waals surface area (Å²) in [5.74, 6) is 0.713. The molecule has 4 amide bonds. The van der Waals surface area contributed by atoms with Crippen molar-refractivity contribution in [2.24, 2.45) is 0 Å². The minimum atomic E-state index is -0.336. The van der Waals surface area contributed by atoms with Crippen molar-refractivity contribution in [3.05, 3.63) is 59.9 Å². The molecular formula is C23H24FN3O4. The maximum atomic E-state index is 13.0. The van der Waals surface area contributed by atoms with Crippen LogP contribution in [0.3, 0.4) is 0 Å². The predicted octanol–water partition coefficient (Wildman–Crippen LogP) is 3.09. The second kappa shape index (κ2) is 9.16. The monoisotopic (exact) mass is 425 g/mol. The van der Waals surface area contributed by atoms with E-state index in [1.54, 1.807) is 17.0 Å². The first kappa shape index (κ1) is 20.8. The predicted molar refractivity (Wildman–Crippen MR) is 111 cm³/mol. The van der Waals surface area contributed by atoms with Gasteiger partial charge in [-0.3, -0.25) is 14.5 Å². The lowest BCUT2D eigenvalue weighted by atomic mass is 10.0. The number of nitrogens with zero attached hydrogens (tertiary/aromatic N) is 2. The number of rotatable bonds is 6. The second-order valence-electron chi connectivity index (χ2n) is 7.74. The van der Waals surface area contributed by atoms with E-state index in [4.69, 9.17) is 4.74 Å². The molecule has 2 heterocycles. The average Bonchev–Trinajstić information content (AvgIpc) is 3.12. The number of urea groups is 1. The summed E-state index contributed by atoms with van der Waals surface area (Å²) in [5, 5.41) is 2.54. The first-order valence-electron chi connectivity index (χ1n) is 10.4. The lowest BCUT2D eigenvalue weighted by Crippen LogP contribution is -2.49. The highest BCUT2D eigenvalue weighted by Crippen LogP contribution is 2.24. The third-order valence-corrected chi connectivity index (χ3v) is 5.64. The molecule has 0 aliphatic carbocycles. The molecule has 0 bridgehead atoms. The molecule has 2 aliphatic heterocycles. The molecule has 2 aromatic carbocycles. The lowest BCUT2D eigenvalue weighted by molar-refractivity contribution is -0.133. The molecule has 8 heteroatoms. The van der Waals surface area contributed by atoms with Crippen LogP contribution in [-0.4, -0.2) is 53.3 Å². The Balaban J connectivity index is 1.27. The zero-order valence-corrected chi connectivity index (χ0v) is 17.1. The number of hydrogen-bond acceptors (Lipinski definition) is 4. The Bertz CT molecular complexity index is 955. The molecule has 0 saturated carbocycles. The summed E-state index contributed by atoms with van der Waals surface area (Å²) >= 11 is 0. The molecule has 2 saturated heterocycles. The van der Waals surface area contributed by atoms with Gasteiger partial charge in [-0.2, -0.15) is 0 Å². The van der Waals surface area contributed by atoms with Crippen molar-refractivity contribution in [1.29, 1.82) is 0 Å². The Labute approximate surface area is 179 Å². The van der Waals surface area contributed by atoms with Gasteiger partial charge in [0.05, 0.1) is 6.54 Å². The molecular weight excluding hydrogens is 401 g/mol. The van der Waals surface area contributed by atoms with Crippen LogP contribution in [-0.2, 0) is 16.0 Å². The van der Waals surface area contributed by atoms with Crippen LogP contribution in [0.1, 0.15) is 24.8 Å². The number of likely N-dealkylation sites (tertiary alicyclic amines) is 1. The Hall–Kier alpha value is -3.42. The van der Waals surface area contributed by atoms with Crippen molar-refractivity contribution in [2.45, 2.75) is 31.7 Å². The Morgan fingerprint density at radius 1 is 1.06 bits per heavy atom. The number of carbonyl (C=O) groups excluding carboxylic acids is 3. The highest BCUT2D eigenvalue weighted by Gasteiger charge is 2.37. The van der Waals surface area contributed by atoms with E-state index in [0.717, 1.165) is 5.56 Å². The third-order valence-electron chi connectivity index (χ3n) is 5.64. The van der Waals surface area contributed by atoms with Crippen LogP contribution in [0, 0.1) is 5.82 Å². The van der Waals surface area contributed by atoms with E-state index in [9.17, 15) is 18.8 Å². The Morgan fingerprint density at radius 3 is 2.48 bits per heavy atom. The standard InChI is InChI=1S/C23H24FN3O4/c24-17-5-7-19(8-6-17)31-20-3-1-2-16(14-20)4-9-21(28)26-12-10-18(11-13-26)27-22(29)15-25-23(27)30/h1-3,5-8,14,18H,4,9-13,15H2,(H,25,30). The largest absolute Gasteiger partial charge is 0.457 e. The molecule has 0 aromatic heterocycles. The van der Waals surface area contributed by atoms with Crippen molar-refractivity contribution in [1.82, 2.24) is 15.1 Å². The first-order valence-corrected chi connectivity index (χ1v) is 10.4. The van der Waals surface area contributed by atoms with Crippen LogP contribution >= 0.6 is 0 Å². The molecule has 2 fully saturated rings. The molecule has 0 radical (unpaired) electrons. The summed E-state index contributed by atoms with van der Waals surface area (Å²) in [6.07, 6.45) is 2.15. The van der Waals surface area contributed by atoms with Crippen molar-refractivity contribution in [3.63, 3.8) is 0 Å². The summed E-state index contributed by atoms with van der Waals surface area (Å²) < 4.78 is 18.8. The number of amides is 4. The summed E-state index contributed by atoms with van der Waals surface area (Å²) in [6.45, 7) is 1.13. The fourth-order valence-corrected chi connectivity index (χ4v) is 3.99. The van der Waals surface area contributed by atoms with Crippen LogP contribution in [0.2, 0.25) is 0 Å². The van der Waals surface area contributed by atoms with Gasteiger partial charge in [0.25, 0.3) is 0 Å². The van der Waals surface area contributed by atoms with Crippen LogP contribution in [0.5, 0.6) is 11.5 Å². The molecule has 2 aromatic rings. The van der Waals surface area contributed by atoms with E-state index in [1.165, 1.54) is 17.0 Å². The topological polar surface area (TPSA) is 79.0 Å². The van der Waals surface area contributed by atoms with Crippen molar-refractivity contribution in [3.8, 4) is 11.5 Å². The molecule has 162 valence electrons. The Morgan fingerprint density at radius 2 is 1.81 bits per heavy atom. The smallest absolute Gasteiger partial charge is 0.324 e. The van der Waals surface area contributed by atoms with Crippen LogP contribution in [0.25, 0.3) is 0 Å². The fourth-order valence-electron chi connectivity index (χ4n) is 3.99. The van der Waals surface area contributed by atoms with Gasteiger partial charge in [0.2, 0.25) is 11.8 Å². The summed E-state index contributed by atoms with van der Waals surface area (Å²) in [6, 6.07) is 12.8. The van der Waals surface area contributed by atoms with Gasteiger partial charge in [0.15, 0.2) is 0 Å². The molecule has 31 heavy (non-hydrogen) atoms. The number of benzene rings is 2. The third kappa shape index (κ3) is 5.02. The second-order valence-corrected chi connectivity index (χ2v) is 7.74. The van der Waals surface area contributed by atoms with Crippen LogP contribution in [0.4, 0.5) is 9.18 Å². The Kier molecular flexibility index (Phi) is 6.16. The SMILES string of the molecule is O=C(CCc1cccc(Oc2ccc(F)cc2)c1)N1CCC(N2C(=O)CNC2=O)CC1. The van der Waals surface area contributed by atoms with Gasteiger partial charge >= 0.3 is 6.03 Å². The average molecular weight is 425 g/mol. The minimum Gasteiger partial charge on any atom is -0.457 e. The molecule has 4 rings (SSSR count).